The largest absolute Gasteiger partial charge is 0.748 e. The maximum atomic E-state index is 12.1. The van der Waals surface area contributed by atoms with Crippen LogP contribution in [-0.2, 0) is 10.1 Å². The van der Waals surface area contributed by atoms with Crippen molar-refractivity contribution >= 4 is 10.1 Å². The molecule has 0 unspecified atom stereocenters. The molecule has 0 heterocycles. The number of nitrogens with two attached hydrogens (primary N) is 1. The van der Waals surface area contributed by atoms with Gasteiger partial charge < -0.3 is 9.87 Å². The molecule has 94 valence electrons. The van der Waals surface area contributed by atoms with E-state index in [9.17, 15) is 30.5 Å². The van der Waals surface area contributed by atoms with E-state index in [1.165, 1.54) is 0 Å². The summed E-state index contributed by atoms with van der Waals surface area (Å²) in [6.07, 6.45) is 0. The Morgan fingerprint density at radius 1 is 1.20 bits per heavy atom. The predicted octanol–water partition coefficient (Wildman–Crippen LogP) is -0.368. The molecule has 0 aliphatic rings. The van der Waals surface area contributed by atoms with Crippen LogP contribution < -0.4 is 5.32 Å². The second-order valence-corrected chi connectivity index (χ2v) is 4.28. The van der Waals surface area contributed by atoms with Gasteiger partial charge in [0.2, 0.25) is 0 Å². The molecule has 0 bridgehead atoms. The first-order valence-corrected chi connectivity index (χ1v) is 5.38. The van der Waals surface area contributed by atoms with E-state index in [1.54, 1.807) is 0 Å². The molecule has 0 aromatic carbocycles. The molecule has 15 heavy (non-hydrogen) atoms. The minimum absolute atomic E-state index is 0.155. The highest BCUT2D eigenvalue weighted by atomic mass is 32.2. The second-order valence-electron chi connectivity index (χ2n) is 2.87. The minimum Gasteiger partial charge on any atom is -0.748 e. The van der Waals surface area contributed by atoms with Crippen molar-refractivity contribution in [1.82, 2.24) is 0 Å². The van der Waals surface area contributed by atoms with Crippen LogP contribution in [-0.4, -0.2) is 44.7 Å². The lowest BCUT2D eigenvalue weighted by Crippen LogP contribution is -2.74. The van der Waals surface area contributed by atoms with E-state index in [2.05, 4.69) is 0 Å². The number of hydrogen-bond acceptors (Lipinski definition) is 3. The fourth-order valence-electron chi connectivity index (χ4n) is 0.349. The van der Waals surface area contributed by atoms with E-state index in [4.69, 9.17) is 0 Å². The topological polar surface area (TPSA) is 73.8 Å². The molecule has 0 aliphatic heterocycles. The van der Waals surface area contributed by atoms with Gasteiger partial charge in [0.15, 0.2) is 0 Å². The number of rotatable bonds is 3. The summed E-state index contributed by atoms with van der Waals surface area (Å²) in [5.74, 6) is -11.7. The fourth-order valence-corrected chi connectivity index (χ4v) is 1.05. The van der Waals surface area contributed by atoms with Gasteiger partial charge in [-0.1, -0.05) is 0 Å². The van der Waals surface area contributed by atoms with Crippen molar-refractivity contribution in [2.45, 2.75) is 18.8 Å². The van der Waals surface area contributed by atoms with Crippen molar-refractivity contribution in [3.05, 3.63) is 0 Å². The van der Waals surface area contributed by atoms with Crippen LogP contribution in [0.25, 0.3) is 0 Å². The summed E-state index contributed by atoms with van der Waals surface area (Å²) in [6, 6.07) is 0. The third kappa shape index (κ3) is 8.58. The first kappa shape index (κ1) is 17.0. The van der Waals surface area contributed by atoms with E-state index >= 15 is 0 Å². The summed E-state index contributed by atoms with van der Waals surface area (Å²) in [4.78, 5) is 0. The number of alkyl halides is 4. The van der Waals surface area contributed by atoms with Gasteiger partial charge in [-0.05, 0) is 0 Å². The minimum atomic E-state index is -5.34. The predicted molar refractivity (Wildman–Crippen MR) is 43.9 cm³/mol. The van der Waals surface area contributed by atoms with E-state index in [1.807, 2.05) is 19.4 Å². The lowest BCUT2D eigenvalue weighted by molar-refractivity contribution is -0.597. The molecule has 0 saturated heterocycles. The zero-order chi connectivity index (χ0) is 12.9. The Morgan fingerprint density at radius 2 is 1.47 bits per heavy atom. The molecule has 2 N–H and O–H groups in total. The van der Waals surface area contributed by atoms with Crippen molar-refractivity contribution in [3.63, 3.8) is 0 Å². The average Bonchev–Trinajstić information content (AvgIpc) is 1.79. The van der Waals surface area contributed by atoms with E-state index in [0.29, 0.717) is 0 Å². The Kier molecular flexibility index (Phi) is 6.36. The molecular weight excluding hydrogens is 242 g/mol. The molecule has 0 aromatic rings. The van der Waals surface area contributed by atoms with E-state index in [0.717, 1.165) is 0 Å². The molecule has 0 atom stereocenters. The van der Waals surface area contributed by atoms with Crippen LogP contribution in [0.15, 0.2) is 0 Å². The summed E-state index contributed by atoms with van der Waals surface area (Å²) >= 11 is 0. The van der Waals surface area contributed by atoms with Crippen LogP contribution >= 0.6 is 0 Å². The molecule has 0 radical (unpaired) electrons. The summed E-state index contributed by atoms with van der Waals surface area (Å²) in [5.41, 5.74) is 0. The van der Waals surface area contributed by atoms with Crippen LogP contribution in [0.3, 0.4) is 0 Å². The Morgan fingerprint density at radius 3 is 1.53 bits per heavy atom. The van der Waals surface area contributed by atoms with E-state index < -0.39 is 27.7 Å². The molecule has 0 aromatic heterocycles. The number of quaternary nitrogens is 1. The Labute approximate surface area is 85.4 Å². The molecule has 0 saturated carbocycles. The van der Waals surface area contributed by atoms with Gasteiger partial charge in [0.25, 0.3) is 0 Å². The van der Waals surface area contributed by atoms with Gasteiger partial charge in [0.05, 0.1) is 14.1 Å². The number of halogens is 4. The first-order chi connectivity index (χ1) is 6.37. The van der Waals surface area contributed by atoms with Crippen LogP contribution in [0.5, 0.6) is 0 Å². The van der Waals surface area contributed by atoms with Crippen LogP contribution in [0.4, 0.5) is 17.6 Å². The SMILES string of the molecule is CC(F)(F)C(F)(F)CS(=O)(=O)[O-].C[NH2+]C. The van der Waals surface area contributed by atoms with Crippen LogP contribution in [0.2, 0.25) is 0 Å². The molecule has 0 spiro atoms. The molecule has 0 rings (SSSR count). The summed E-state index contributed by atoms with van der Waals surface area (Å²) in [6.45, 7) is -0.155. The Bertz CT molecular complexity index is 273. The number of hydrogen-bond donors (Lipinski definition) is 1. The zero-order valence-electron chi connectivity index (χ0n) is 8.43. The third-order valence-electron chi connectivity index (χ3n) is 1.00. The maximum absolute atomic E-state index is 12.1. The van der Waals surface area contributed by atoms with Crippen molar-refractivity contribution in [1.29, 1.82) is 0 Å². The van der Waals surface area contributed by atoms with Gasteiger partial charge in [-0.25, -0.2) is 17.2 Å². The van der Waals surface area contributed by atoms with Crippen LogP contribution in [0, 0.1) is 0 Å². The Hall–Kier alpha value is -0.410. The third-order valence-corrected chi connectivity index (χ3v) is 1.72. The summed E-state index contributed by atoms with van der Waals surface area (Å²) in [7, 11) is -1.34. The highest BCUT2D eigenvalue weighted by Crippen LogP contribution is 2.34. The van der Waals surface area contributed by atoms with E-state index in [-0.39, 0.29) is 6.92 Å². The summed E-state index contributed by atoms with van der Waals surface area (Å²) < 4.78 is 77.1. The average molecular weight is 255 g/mol. The first-order valence-electron chi connectivity index (χ1n) is 3.80. The molecular formula is C6H13F4NO3S. The van der Waals surface area contributed by atoms with Gasteiger partial charge in [-0.2, -0.15) is 8.78 Å². The van der Waals surface area contributed by atoms with Gasteiger partial charge >= 0.3 is 11.8 Å². The molecule has 0 aliphatic carbocycles. The van der Waals surface area contributed by atoms with Crippen molar-refractivity contribution in [2.24, 2.45) is 0 Å². The van der Waals surface area contributed by atoms with Crippen LogP contribution in [0.1, 0.15) is 6.92 Å². The lowest BCUT2D eigenvalue weighted by Gasteiger charge is -2.23. The standard InChI is InChI=1S/C4H6F4O3S.C2H7N/c1-3(5,6)4(7,8)2-12(9,10)11;1-3-2/h2H2,1H3,(H,9,10,11);3H,1-2H3. The molecule has 0 fully saturated rings. The second kappa shape index (κ2) is 5.61. The van der Waals surface area contributed by atoms with Crippen molar-refractivity contribution < 1.29 is 35.8 Å². The van der Waals surface area contributed by atoms with Crippen molar-refractivity contribution in [2.75, 3.05) is 19.8 Å². The van der Waals surface area contributed by atoms with Gasteiger partial charge in [-0.3, -0.25) is 0 Å². The maximum Gasteiger partial charge on any atom is 0.322 e. The molecule has 0 amide bonds. The summed E-state index contributed by atoms with van der Waals surface area (Å²) in [5, 5.41) is 2.00. The molecule has 9 heteroatoms. The Balaban J connectivity index is 0. The monoisotopic (exact) mass is 255 g/mol. The van der Waals surface area contributed by atoms with Gasteiger partial charge in [0, 0.05) is 6.92 Å². The van der Waals surface area contributed by atoms with Gasteiger partial charge in [-0.15, -0.1) is 0 Å². The molecule has 4 nitrogen and oxygen atoms in total. The van der Waals surface area contributed by atoms with Crippen molar-refractivity contribution in [3.8, 4) is 0 Å². The zero-order valence-corrected chi connectivity index (χ0v) is 9.25. The normalized spacial score (nSPS) is 13.1. The highest BCUT2D eigenvalue weighted by Gasteiger charge is 2.53. The highest BCUT2D eigenvalue weighted by molar-refractivity contribution is 7.85. The smallest absolute Gasteiger partial charge is 0.322 e. The van der Waals surface area contributed by atoms with Gasteiger partial charge in [0.1, 0.15) is 15.9 Å². The fraction of sp³-hybridized carbons (Fsp3) is 1.00. The quantitative estimate of drug-likeness (QED) is 0.552. The lowest BCUT2D eigenvalue weighted by atomic mass is 10.2.